The quantitative estimate of drug-likeness (QED) is 0.234. The van der Waals surface area contributed by atoms with Crippen LogP contribution in [-0.2, 0) is 20.7 Å². The summed E-state index contributed by atoms with van der Waals surface area (Å²) in [6.45, 7) is 9.30. The minimum atomic E-state index is -0.591. The Balaban J connectivity index is 1.55. The number of rotatable bonds is 13. The molecule has 0 spiro atoms. The zero-order chi connectivity index (χ0) is 26.6. The SMILES string of the molecule is CCOC(=O)[C@H](Cc1ccc(OC/C=C/c2ccc(-c3cc(C(C)C)ccc3OC)cc2)cc1)OCC. The van der Waals surface area contributed by atoms with Crippen LogP contribution in [0.2, 0.25) is 0 Å². The van der Waals surface area contributed by atoms with Crippen molar-refractivity contribution in [2.24, 2.45) is 0 Å². The zero-order valence-corrected chi connectivity index (χ0v) is 22.5. The molecule has 0 aliphatic heterocycles. The van der Waals surface area contributed by atoms with Crippen LogP contribution in [0, 0.1) is 0 Å². The molecular formula is C32H38O5. The fourth-order valence-electron chi connectivity index (χ4n) is 4.00. The fraction of sp³-hybridized carbons (Fsp3) is 0.344. The Bertz CT molecular complexity index is 1150. The van der Waals surface area contributed by atoms with Crippen LogP contribution in [0.4, 0.5) is 0 Å². The molecule has 1 atom stereocenters. The van der Waals surface area contributed by atoms with Gasteiger partial charge in [-0.05, 0) is 72.4 Å². The molecule has 0 aromatic heterocycles. The van der Waals surface area contributed by atoms with Crippen molar-refractivity contribution < 1.29 is 23.7 Å². The van der Waals surface area contributed by atoms with Crippen LogP contribution in [0.25, 0.3) is 17.2 Å². The summed E-state index contributed by atoms with van der Waals surface area (Å²) in [5, 5.41) is 0. The molecule has 0 radical (unpaired) electrons. The summed E-state index contributed by atoms with van der Waals surface area (Å²) in [6, 6.07) is 22.5. The maximum atomic E-state index is 12.1. The highest BCUT2D eigenvalue weighted by Crippen LogP contribution is 2.33. The maximum Gasteiger partial charge on any atom is 0.335 e. The summed E-state index contributed by atoms with van der Waals surface area (Å²) in [7, 11) is 1.71. The molecule has 0 aliphatic carbocycles. The highest BCUT2D eigenvalue weighted by atomic mass is 16.6. The molecule has 196 valence electrons. The monoisotopic (exact) mass is 502 g/mol. The van der Waals surface area contributed by atoms with Crippen molar-refractivity contribution in [3.63, 3.8) is 0 Å². The number of benzene rings is 3. The molecule has 0 fully saturated rings. The molecular weight excluding hydrogens is 464 g/mol. The lowest BCUT2D eigenvalue weighted by molar-refractivity contribution is -0.156. The van der Waals surface area contributed by atoms with Crippen LogP contribution in [0.3, 0.4) is 0 Å². The van der Waals surface area contributed by atoms with Crippen LogP contribution in [0.5, 0.6) is 11.5 Å². The van der Waals surface area contributed by atoms with E-state index in [1.54, 1.807) is 14.0 Å². The molecule has 0 amide bonds. The molecule has 3 aromatic carbocycles. The van der Waals surface area contributed by atoms with Crippen molar-refractivity contribution in [2.75, 3.05) is 26.9 Å². The maximum absolute atomic E-state index is 12.1. The summed E-state index contributed by atoms with van der Waals surface area (Å²) >= 11 is 0. The molecule has 0 heterocycles. The number of hydrogen-bond acceptors (Lipinski definition) is 5. The number of carbonyl (C=O) groups is 1. The van der Waals surface area contributed by atoms with Crippen molar-refractivity contribution in [3.8, 4) is 22.6 Å². The van der Waals surface area contributed by atoms with E-state index in [4.69, 9.17) is 18.9 Å². The summed E-state index contributed by atoms with van der Waals surface area (Å²) in [6.07, 6.45) is 3.92. The molecule has 0 bridgehead atoms. The lowest BCUT2D eigenvalue weighted by atomic mass is 9.96. The summed E-state index contributed by atoms with van der Waals surface area (Å²) in [4.78, 5) is 12.1. The first-order valence-electron chi connectivity index (χ1n) is 12.9. The predicted octanol–water partition coefficient (Wildman–Crippen LogP) is 7.09. The Morgan fingerprint density at radius 1 is 0.919 bits per heavy atom. The summed E-state index contributed by atoms with van der Waals surface area (Å²) in [5.74, 6) is 1.78. The summed E-state index contributed by atoms with van der Waals surface area (Å²) < 4.78 is 22.1. The van der Waals surface area contributed by atoms with Crippen LogP contribution >= 0.6 is 0 Å². The fourth-order valence-corrected chi connectivity index (χ4v) is 4.00. The first-order chi connectivity index (χ1) is 17.9. The molecule has 5 nitrogen and oxygen atoms in total. The first-order valence-corrected chi connectivity index (χ1v) is 12.9. The minimum Gasteiger partial charge on any atom is -0.496 e. The average Bonchev–Trinajstić information content (AvgIpc) is 2.91. The minimum absolute atomic E-state index is 0.328. The van der Waals surface area contributed by atoms with E-state index in [-0.39, 0.29) is 5.97 Å². The van der Waals surface area contributed by atoms with E-state index in [0.717, 1.165) is 33.8 Å². The number of methoxy groups -OCH3 is 1. The van der Waals surface area contributed by atoms with Gasteiger partial charge in [-0.25, -0.2) is 4.79 Å². The Morgan fingerprint density at radius 3 is 2.27 bits per heavy atom. The summed E-state index contributed by atoms with van der Waals surface area (Å²) in [5.41, 5.74) is 5.61. The lowest BCUT2D eigenvalue weighted by Crippen LogP contribution is -2.28. The molecule has 37 heavy (non-hydrogen) atoms. The van der Waals surface area contributed by atoms with Crippen LogP contribution in [-0.4, -0.2) is 39.0 Å². The Morgan fingerprint density at radius 2 is 1.65 bits per heavy atom. The van der Waals surface area contributed by atoms with Gasteiger partial charge in [0, 0.05) is 18.6 Å². The molecule has 0 N–H and O–H groups in total. The second-order valence-electron chi connectivity index (χ2n) is 8.99. The van der Waals surface area contributed by atoms with Crippen LogP contribution < -0.4 is 9.47 Å². The van der Waals surface area contributed by atoms with Gasteiger partial charge in [-0.3, -0.25) is 0 Å². The van der Waals surface area contributed by atoms with E-state index in [0.29, 0.717) is 32.2 Å². The number of carbonyl (C=O) groups excluding carboxylic acids is 1. The Kier molecular flexibility index (Phi) is 10.8. The van der Waals surface area contributed by atoms with Crippen molar-refractivity contribution in [3.05, 3.63) is 89.5 Å². The standard InChI is InChI=1S/C32H38O5/c1-6-35-31(32(33)36-7-2)21-25-12-17-28(18-13-25)37-20-8-9-24-10-14-26(15-11-24)29-22-27(23(3)4)16-19-30(29)34-5/h8-19,22-23,31H,6-7,20-21H2,1-5H3/b9-8+/t31-/m0/s1. The highest BCUT2D eigenvalue weighted by molar-refractivity contribution is 5.75. The highest BCUT2D eigenvalue weighted by Gasteiger charge is 2.20. The Labute approximate surface area is 221 Å². The number of hydrogen-bond donors (Lipinski definition) is 0. The molecule has 0 unspecified atom stereocenters. The van der Waals surface area contributed by atoms with E-state index in [9.17, 15) is 4.79 Å². The van der Waals surface area contributed by atoms with Crippen molar-refractivity contribution in [2.45, 2.75) is 46.1 Å². The van der Waals surface area contributed by atoms with Crippen molar-refractivity contribution in [1.29, 1.82) is 0 Å². The number of ether oxygens (including phenoxy) is 4. The van der Waals surface area contributed by atoms with Gasteiger partial charge in [-0.1, -0.05) is 62.4 Å². The number of esters is 1. The smallest absolute Gasteiger partial charge is 0.335 e. The van der Waals surface area contributed by atoms with Crippen LogP contribution in [0.1, 0.15) is 50.3 Å². The van der Waals surface area contributed by atoms with E-state index < -0.39 is 6.10 Å². The van der Waals surface area contributed by atoms with E-state index in [2.05, 4.69) is 50.2 Å². The van der Waals surface area contributed by atoms with Crippen molar-refractivity contribution in [1.82, 2.24) is 0 Å². The molecule has 0 aliphatic rings. The van der Waals surface area contributed by atoms with Crippen molar-refractivity contribution >= 4 is 12.0 Å². The third-order valence-corrected chi connectivity index (χ3v) is 6.03. The third-order valence-electron chi connectivity index (χ3n) is 6.03. The van der Waals surface area contributed by atoms with Gasteiger partial charge >= 0.3 is 5.97 Å². The van der Waals surface area contributed by atoms with Gasteiger partial charge < -0.3 is 18.9 Å². The average molecular weight is 503 g/mol. The van der Waals surface area contributed by atoms with E-state index in [1.807, 2.05) is 49.4 Å². The second-order valence-corrected chi connectivity index (χ2v) is 8.99. The molecule has 0 saturated heterocycles. The Hall–Kier alpha value is -3.57. The molecule has 5 heteroatoms. The molecule has 0 saturated carbocycles. The zero-order valence-electron chi connectivity index (χ0n) is 22.5. The van der Waals surface area contributed by atoms with E-state index in [1.165, 1.54) is 5.56 Å². The predicted molar refractivity (Wildman–Crippen MR) is 149 cm³/mol. The first kappa shape index (κ1) is 28.0. The molecule has 3 rings (SSSR count). The van der Waals surface area contributed by atoms with Gasteiger partial charge in [0.15, 0.2) is 6.10 Å². The van der Waals surface area contributed by atoms with Gasteiger partial charge in [0.1, 0.15) is 18.1 Å². The topological polar surface area (TPSA) is 54.0 Å². The van der Waals surface area contributed by atoms with Gasteiger partial charge in [-0.2, -0.15) is 0 Å². The second kappa shape index (κ2) is 14.2. The lowest BCUT2D eigenvalue weighted by Gasteiger charge is -2.15. The van der Waals surface area contributed by atoms with Crippen LogP contribution in [0.15, 0.2) is 72.8 Å². The van der Waals surface area contributed by atoms with Gasteiger partial charge in [0.2, 0.25) is 0 Å². The van der Waals surface area contributed by atoms with Gasteiger partial charge in [0.05, 0.1) is 13.7 Å². The normalized spacial score (nSPS) is 12.1. The van der Waals surface area contributed by atoms with E-state index >= 15 is 0 Å². The largest absolute Gasteiger partial charge is 0.496 e. The molecule has 3 aromatic rings. The van der Waals surface area contributed by atoms with Gasteiger partial charge in [0.25, 0.3) is 0 Å². The third kappa shape index (κ3) is 8.22. The van der Waals surface area contributed by atoms with Gasteiger partial charge in [-0.15, -0.1) is 0 Å².